The highest BCUT2D eigenvalue weighted by atomic mass is 19.4. The zero-order valence-corrected chi connectivity index (χ0v) is 21.7. The maximum absolute atomic E-state index is 12.9. The Morgan fingerprint density at radius 2 is 1.81 bits per heavy atom. The summed E-state index contributed by atoms with van der Waals surface area (Å²) in [6.07, 6.45) is 1.23. The van der Waals surface area contributed by atoms with Crippen LogP contribution in [-0.2, 0) is 18.4 Å². The first-order chi connectivity index (χ1) is 16.7. The lowest BCUT2D eigenvalue weighted by Gasteiger charge is -2.41. The molecule has 2 aromatic heterocycles. The van der Waals surface area contributed by atoms with E-state index in [2.05, 4.69) is 44.7 Å². The van der Waals surface area contributed by atoms with Gasteiger partial charge in [-0.2, -0.15) is 13.2 Å². The van der Waals surface area contributed by atoms with Crippen molar-refractivity contribution >= 4 is 17.1 Å². The van der Waals surface area contributed by atoms with Gasteiger partial charge in [0.2, 0.25) is 0 Å². The molecule has 4 rings (SSSR count). The molecule has 198 valence electrons. The predicted octanol–water partition coefficient (Wildman–Crippen LogP) is 3.93. The van der Waals surface area contributed by atoms with Gasteiger partial charge in [-0.25, -0.2) is 9.78 Å². The molecule has 1 amide bonds. The van der Waals surface area contributed by atoms with Crippen LogP contribution in [0.25, 0.3) is 11.2 Å². The van der Waals surface area contributed by atoms with Crippen LogP contribution in [0.2, 0.25) is 0 Å². The number of amides is 1. The SMILES string of the molecule is Cn1c(=O)n(CC(C)(C)C)c2ccc(C3CC=CC(C)(CN4CCN(C(=O)C(F)(F)F)CC4)C3)nc21. The average Bonchev–Trinajstić information content (AvgIpc) is 3.01. The molecule has 0 N–H and O–H groups in total. The van der Waals surface area contributed by atoms with E-state index in [1.165, 1.54) is 0 Å². The third kappa shape index (κ3) is 5.53. The molecule has 2 aliphatic rings. The number of hydrogen-bond acceptors (Lipinski definition) is 4. The number of pyridine rings is 1. The van der Waals surface area contributed by atoms with Crippen molar-refractivity contribution in [3.05, 3.63) is 40.5 Å². The summed E-state index contributed by atoms with van der Waals surface area (Å²) >= 11 is 0. The molecular weight excluding hydrogens is 471 g/mol. The van der Waals surface area contributed by atoms with Crippen molar-refractivity contribution in [2.45, 2.75) is 59.2 Å². The Kier molecular flexibility index (Phi) is 6.87. The van der Waals surface area contributed by atoms with E-state index in [4.69, 9.17) is 4.98 Å². The van der Waals surface area contributed by atoms with Crippen molar-refractivity contribution in [2.24, 2.45) is 17.9 Å². The minimum atomic E-state index is -4.82. The van der Waals surface area contributed by atoms with Gasteiger partial charge in [-0.3, -0.25) is 18.8 Å². The smallest absolute Gasteiger partial charge is 0.332 e. The number of fused-ring (bicyclic) bond motifs is 1. The largest absolute Gasteiger partial charge is 0.471 e. The van der Waals surface area contributed by atoms with Crippen LogP contribution in [0.15, 0.2) is 29.1 Å². The summed E-state index contributed by atoms with van der Waals surface area (Å²) in [5.41, 5.74) is 2.19. The van der Waals surface area contributed by atoms with Gasteiger partial charge in [-0.1, -0.05) is 39.8 Å². The Morgan fingerprint density at radius 3 is 2.42 bits per heavy atom. The second kappa shape index (κ2) is 9.36. The summed E-state index contributed by atoms with van der Waals surface area (Å²) in [5, 5.41) is 0. The molecule has 7 nitrogen and oxygen atoms in total. The van der Waals surface area contributed by atoms with Crippen LogP contribution in [0.1, 0.15) is 52.1 Å². The average molecular weight is 508 g/mol. The molecule has 10 heteroatoms. The number of alkyl halides is 3. The van der Waals surface area contributed by atoms with Gasteiger partial charge in [-0.15, -0.1) is 0 Å². The fourth-order valence-electron chi connectivity index (χ4n) is 5.52. The van der Waals surface area contributed by atoms with Gasteiger partial charge < -0.3 is 4.90 Å². The van der Waals surface area contributed by atoms with E-state index in [9.17, 15) is 22.8 Å². The highest BCUT2D eigenvalue weighted by molar-refractivity contribution is 5.82. The number of aromatic nitrogens is 3. The van der Waals surface area contributed by atoms with E-state index in [0.29, 0.717) is 31.8 Å². The zero-order valence-electron chi connectivity index (χ0n) is 21.7. The molecule has 1 aliphatic heterocycles. The Bertz CT molecular complexity index is 1220. The number of aryl methyl sites for hydroxylation is 1. The second-order valence-corrected chi connectivity index (χ2v) is 11.8. The monoisotopic (exact) mass is 507 g/mol. The van der Waals surface area contributed by atoms with E-state index in [0.717, 1.165) is 29.0 Å². The molecule has 0 radical (unpaired) electrons. The lowest BCUT2D eigenvalue weighted by atomic mass is 9.74. The number of halogens is 3. The van der Waals surface area contributed by atoms with Gasteiger partial charge in [0, 0.05) is 57.9 Å². The molecule has 36 heavy (non-hydrogen) atoms. The number of piperazine rings is 1. The Hall–Kier alpha value is -2.62. The molecule has 0 aromatic carbocycles. The highest BCUT2D eigenvalue weighted by Crippen LogP contribution is 2.40. The van der Waals surface area contributed by atoms with Crippen LogP contribution in [0.3, 0.4) is 0 Å². The number of allylic oxidation sites excluding steroid dienone is 1. The standard InChI is InChI=1S/C26H36F3N5O2/c1-24(2,3)16-34-20-9-8-19(30-21(20)31(5)23(34)36)18-7-6-10-25(4,15-18)17-32-11-13-33(14-12-32)22(35)26(27,28)29/h6,8-10,18H,7,11-17H2,1-5H3. The maximum atomic E-state index is 12.9. The van der Waals surface area contributed by atoms with Crippen LogP contribution < -0.4 is 5.69 Å². The minimum Gasteiger partial charge on any atom is -0.332 e. The molecule has 2 aromatic rings. The van der Waals surface area contributed by atoms with Gasteiger partial charge in [0.25, 0.3) is 0 Å². The van der Waals surface area contributed by atoms with Crippen molar-refractivity contribution in [1.82, 2.24) is 23.9 Å². The van der Waals surface area contributed by atoms with Gasteiger partial charge in [0.15, 0.2) is 5.65 Å². The predicted molar refractivity (Wildman–Crippen MR) is 133 cm³/mol. The highest BCUT2D eigenvalue weighted by Gasteiger charge is 2.43. The molecule has 2 atom stereocenters. The number of hydrogen-bond donors (Lipinski definition) is 0. The molecule has 3 heterocycles. The Morgan fingerprint density at radius 1 is 1.14 bits per heavy atom. The van der Waals surface area contributed by atoms with Gasteiger partial charge in [0.05, 0.1) is 5.52 Å². The van der Waals surface area contributed by atoms with Crippen molar-refractivity contribution in [1.29, 1.82) is 0 Å². The molecule has 1 aliphatic carbocycles. The minimum absolute atomic E-state index is 0.0434. The number of nitrogens with zero attached hydrogens (tertiary/aromatic N) is 5. The Balaban J connectivity index is 1.47. The summed E-state index contributed by atoms with van der Waals surface area (Å²) in [4.78, 5) is 32.4. The quantitative estimate of drug-likeness (QED) is 0.589. The molecule has 0 bridgehead atoms. The lowest BCUT2D eigenvalue weighted by molar-refractivity contribution is -0.187. The fraction of sp³-hybridized carbons (Fsp3) is 0.654. The number of carbonyl (C=O) groups is 1. The number of rotatable bonds is 4. The molecule has 2 unspecified atom stereocenters. The third-order valence-electron chi connectivity index (χ3n) is 7.19. The number of imidazole rings is 1. The van der Waals surface area contributed by atoms with E-state index < -0.39 is 12.1 Å². The van der Waals surface area contributed by atoms with Crippen LogP contribution in [0, 0.1) is 10.8 Å². The molecular formula is C26H36F3N5O2. The van der Waals surface area contributed by atoms with Crippen LogP contribution in [-0.4, -0.2) is 68.7 Å². The van der Waals surface area contributed by atoms with Crippen LogP contribution in [0.4, 0.5) is 13.2 Å². The molecule has 1 fully saturated rings. The van der Waals surface area contributed by atoms with E-state index in [1.54, 1.807) is 16.2 Å². The maximum Gasteiger partial charge on any atom is 0.471 e. The van der Waals surface area contributed by atoms with Crippen molar-refractivity contribution in [3.8, 4) is 0 Å². The summed E-state index contributed by atoms with van der Waals surface area (Å²) in [7, 11) is 1.76. The number of carbonyl (C=O) groups excluding carboxylic acids is 1. The normalized spacial score (nSPS) is 24.0. The van der Waals surface area contributed by atoms with E-state index >= 15 is 0 Å². The van der Waals surface area contributed by atoms with Gasteiger partial charge in [-0.05, 0) is 35.8 Å². The lowest BCUT2D eigenvalue weighted by Crippen LogP contribution is -2.54. The molecule has 1 saturated heterocycles. The third-order valence-corrected chi connectivity index (χ3v) is 7.19. The summed E-state index contributed by atoms with van der Waals surface area (Å²) in [5.74, 6) is -1.57. The molecule has 0 saturated carbocycles. The summed E-state index contributed by atoms with van der Waals surface area (Å²) in [6.45, 7) is 10.8. The van der Waals surface area contributed by atoms with Crippen molar-refractivity contribution in [3.63, 3.8) is 0 Å². The summed E-state index contributed by atoms with van der Waals surface area (Å²) < 4.78 is 41.6. The first-order valence-corrected chi connectivity index (χ1v) is 12.5. The van der Waals surface area contributed by atoms with Crippen LogP contribution >= 0.6 is 0 Å². The first-order valence-electron chi connectivity index (χ1n) is 12.5. The van der Waals surface area contributed by atoms with Gasteiger partial charge in [0.1, 0.15) is 0 Å². The van der Waals surface area contributed by atoms with Crippen molar-refractivity contribution in [2.75, 3.05) is 32.7 Å². The van der Waals surface area contributed by atoms with E-state index in [1.807, 2.05) is 12.1 Å². The van der Waals surface area contributed by atoms with Gasteiger partial charge >= 0.3 is 17.8 Å². The Labute approximate surface area is 209 Å². The first kappa shape index (κ1) is 26.4. The summed E-state index contributed by atoms with van der Waals surface area (Å²) in [6, 6.07) is 4.02. The fourth-order valence-corrected chi connectivity index (χ4v) is 5.52. The zero-order chi connectivity index (χ0) is 26.5. The topological polar surface area (TPSA) is 63.4 Å². The van der Waals surface area contributed by atoms with E-state index in [-0.39, 0.29) is 35.5 Å². The van der Waals surface area contributed by atoms with Crippen LogP contribution in [0.5, 0.6) is 0 Å². The second-order valence-electron chi connectivity index (χ2n) is 11.8. The molecule has 0 spiro atoms. The van der Waals surface area contributed by atoms with Crippen molar-refractivity contribution < 1.29 is 18.0 Å².